The summed E-state index contributed by atoms with van der Waals surface area (Å²) in [5.41, 5.74) is 3.01. The van der Waals surface area contributed by atoms with Crippen LogP contribution in [-0.2, 0) is 11.3 Å². The highest BCUT2D eigenvalue weighted by Crippen LogP contribution is 2.27. The fourth-order valence-corrected chi connectivity index (χ4v) is 3.71. The topological polar surface area (TPSA) is 46.9 Å². The molecule has 1 aliphatic carbocycles. The van der Waals surface area contributed by atoms with Gasteiger partial charge in [-0.25, -0.2) is 0 Å². The SMILES string of the molecule is O=C(Cn1nc(-c2ccccc2)c2ccccc21)NC1CCCCC1. The number of amides is 1. The first-order valence-electron chi connectivity index (χ1n) is 9.11. The van der Waals surface area contributed by atoms with Crippen molar-refractivity contribution in [2.24, 2.45) is 0 Å². The number of hydrogen-bond donors (Lipinski definition) is 1. The van der Waals surface area contributed by atoms with Crippen LogP contribution >= 0.6 is 0 Å². The first-order chi connectivity index (χ1) is 12.3. The van der Waals surface area contributed by atoms with E-state index in [-0.39, 0.29) is 12.5 Å². The van der Waals surface area contributed by atoms with Crippen molar-refractivity contribution < 1.29 is 4.79 Å². The highest BCUT2D eigenvalue weighted by atomic mass is 16.2. The van der Waals surface area contributed by atoms with Gasteiger partial charge in [0.15, 0.2) is 0 Å². The molecule has 0 saturated heterocycles. The number of nitrogens with one attached hydrogen (secondary N) is 1. The van der Waals surface area contributed by atoms with E-state index in [0.29, 0.717) is 6.04 Å². The van der Waals surface area contributed by atoms with Crippen molar-refractivity contribution in [3.63, 3.8) is 0 Å². The van der Waals surface area contributed by atoms with Gasteiger partial charge >= 0.3 is 0 Å². The number of fused-ring (bicyclic) bond motifs is 1. The predicted octanol–water partition coefficient (Wildman–Crippen LogP) is 4.15. The Hall–Kier alpha value is -2.62. The summed E-state index contributed by atoms with van der Waals surface area (Å²) >= 11 is 0. The van der Waals surface area contributed by atoms with E-state index in [2.05, 4.69) is 23.5 Å². The van der Waals surface area contributed by atoms with E-state index in [1.54, 1.807) is 0 Å². The van der Waals surface area contributed by atoms with Gasteiger partial charge in [-0.05, 0) is 18.9 Å². The van der Waals surface area contributed by atoms with Crippen LogP contribution in [0.1, 0.15) is 32.1 Å². The molecule has 25 heavy (non-hydrogen) atoms. The Balaban J connectivity index is 1.60. The molecule has 4 nitrogen and oxygen atoms in total. The van der Waals surface area contributed by atoms with Crippen LogP contribution in [0.4, 0.5) is 0 Å². The van der Waals surface area contributed by atoms with E-state index in [9.17, 15) is 4.79 Å². The maximum Gasteiger partial charge on any atom is 0.241 e. The van der Waals surface area contributed by atoms with E-state index in [1.807, 2.05) is 41.1 Å². The Bertz CT molecular complexity index is 863. The summed E-state index contributed by atoms with van der Waals surface area (Å²) in [5, 5.41) is 9.01. The number of aromatic nitrogens is 2. The smallest absolute Gasteiger partial charge is 0.241 e. The molecule has 1 saturated carbocycles. The number of carbonyl (C=O) groups is 1. The molecule has 4 rings (SSSR count). The molecule has 1 heterocycles. The van der Waals surface area contributed by atoms with Crippen molar-refractivity contribution in [1.29, 1.82) is 0 Å². The monoisotopic (exact) mass is 333 g/mol. The third-order valence-corrected chi connectivity index (χ3v) is 4.97. The molecule has 0 atom stereocenters. The van der Waals surface area contributed by atoms with Crippen LogP contribution < -0.4 is 5.32 Å². The third-order valence-electron chi connectivity index (χ3n) is 4.97. The normalized spacial score (nSPS) is 15.4. The van der Waals surface area contributed by atoms with Crippen LogP contribution in [0.5, 0.6) is 0 Å². The molecule has 1 aromatic heterocycles. The Morgan fingerprint density at radius 3 is 2.52 bits per heavy atom. The summed E-state index contributed by atoms with van der Waals surface area (Å²) in [4.78, 5) is 12.5. The van der Waals surface area contributed by atoms with Crippen LogP contribution in [0.3, 0.4) is 0 Å². The molecule has 0 bridgehead atoms. The maximum atomic E-state index is 12.5. The molecule has 2 aromatic carbocycles. The molecule has 0 unspecified atom stereocenters. The zero-order valence-electron chi connectivity index (χ0n) is 14.3. The number of benzene rings is 2. The van der Waals surface area contributed by atoms with Crippen molar-refractivity contribution in [3.05, 3.63) is 54.6 Å². The molecule has 1 fully saturated rings. The van der Waals surface area contributed by atoms with Crippen molar-refractivity contribution in [2.45, 2.75) is 44.7 Å². The fourth-order valence-electron chi connectivity index (χ4n) is 3.71. The standard InChI is InChI=1S/C21H23N3O/c25-20(22-17-11-5-2-6-12-17)15-24-19-14-8-7-13-18(19)21(23-24)16-9-3-1-4-10-16/h1,3-4,7-10,13-14,17H,2,5-6,11-12,15H2,(H,22,25). The minimum Gasteiger partial charge on any atom is -0.352 e. The number of nitrogens with zero attached hydrogens (tertiary/aromatic N) is 2. The quantitative estimate of drug-likeness (QED) is 0.779. The van der Waals surface area contributed by atoms with Crippen molar-refractivity contribution in [2.75, 3.05) is 0 Å². The predicted molar refractivity (Wildman–Crippen MR) is 100 cm³/mol. The van der Waals surface area contributed by atoms with Gasteiger partial charge in [0.1, 0.15) is 12.2 Å². The molecule has 0 aliphatic heterocycles. The van der Waals surface area contributed by atoms with Crippen LogP contribution in [0.2, 0.25) is 0 Å². The van der Waals surface area contributed by atoms with Gasteiger partial charge in [-0.1, -0.05) is 67.8 Å². The van der Waals surface area contributed by atoms with Crippen LogP contribution in [0.25, 0.3) is 22.2 Å². The lowest BCUT2D eigenvalue weighted by Crippen LogP contribution is -2.38. The van der Waals surface area contributed by atoms with Gasteiger partial charge in [0.25, 0.3) is 0 Å². The van der Waals surface area contributed by atoms with Crippen molar-refractivity contribution >= 4 is 16.8 Å². The minimum absolute atomic E-state index is 0.0553. The summed E-state index contributed by atoms with van der Waals surface area (Å²) in [7, 11) is 0. The van der Waals surface area contributed by atoms with E-state index < -0.39 is 0 Å². The van der Waals surface area contributed by atoms with E-state index in [4.69, 9.17) is 5.10 Å². The summed E-state index contributed by atoms with van der Waals surface area (Å²) < 4.78 is 1.83. The number of carbonyl (C=O) groups excluding carboxylic acids is 1. The Kier molecular flexibility index (Phi) is 4.51. The summed E-state index contributed by atoms with van der Waals surface area (Å²) in [6.07, 6.45) is 5.92. The lowest BCUT2D eigenvalue weighted by molar-refractivity contribution is -0.122. The molecule has 4 heteroatoms. The third kappa shape index (κ3) is 3.43. The maximum absolute atomic E-state index is 12.5. The molecular weight excluding hydrogens is 310 g/mol. The lowest BCUT2D eigenvalue weighted by atomic mass is 9.95. The zero-order valence-corrected chi connectivity index (χ0v) is 14.3. The average Bonchev–Trinajstić information content (AvgIpc) is 3.02. The van der Waals surface area contributed by atoms with Gasteiger partial charge in [0.05, 0.1) is 5.52 Å². The second-order valence-electron chi connectivity index (χ2n) is 6.79. The molecule has 1 aliphatic rings. The molecule has 0 spiro atoms. The van der Waals surface area contributed by atoms with E-state index >= 15 is 0 Å². The second kappa shape index (κ2) is 7.09. The van der Waals surface area contributed by atoms with Gasteiger partial charge in [-0.2, -0.15) is 5.10 Å². The molecule has 1 amide bonds. The van der Waals surface area contributed by atoms with Crippen molar-refractivity contribution in [3.8, 4) is 11.3 Å². The van der Waals surface area contributed by atoms with Gasteiger partial charge < -0.3 is 5.32 Å². The first-order valence-corrected chi connectivity index (χ1v) is 9.11. The fraction of sp³-hybridized carbons (Fsp3) is 0.333. The number of para-hydroxylation sites is 1. The van der Waals surface area contributed by atoms with Gasteiger partial charge in [-0.15, -0.1) is 0 Å². The lowest BCUT2D eigenvalue weighted by Gasteiger charge is -2.22. The molecule has 1 N–H and O–H groups in total. The highest BCUT2D eigenvalue weighted by molar-refractivity contribution is 5.94. The largest absolute Gasteiger partial charge is 0.352 e. The Morgan fingerprint density at radius 2 is 1.72 bits per heavy atom. The number of hydrogen-bond acceptors (Lipinski definition) is 2. The first kappa shape index (κ1) is 15.9. The van der Waals surface area contributed by atoms with E-state index in [1.165, 1.54) is 19.3 Å². The Morgan fingerprint density at radius 1 is 1.00 bits per heavy atom. The molecule has 3 aromatic rings. The molecular formula is C21H23N3O. The van der Waals surface area contributed by atoms with Gasteiger partial charge in [-0.3, -0.25) is 9.48 Å². The van der Waals surface area contributed by atoms with Crippen LogP contribution in [-0.4, -0.2) is 21.7 Å². The van der Waals surface area contributed by atoms with Crippen molar-refractivity contribution in [1.82, 2.24) is 15.1 Å². The Labute approximate surface area is 147 Å². The van der Waals surface area contributed by atoms with Crippen LogP contribution in [0, 0.1) is 0 Å². The highest BCUT2D eigenvalue weighted by Gasteiger charge is 2.18. The zero-order chi connectivity index (χ0) is 17.1. The van der Waals surface area contributed by atoms with Gasteiger partial charge in [0.2, 0.25) is 5.91 Å². The van der Waals surface area contributed by atoms with Gasteiger partial charge in [0, 0.05) is 17.0 Å². The second-order valence-corrected chi connectivity index (χ2v) is 6.79. The summed E-state index contributed by atoms with van der Waals surface area (Å²) in [5.74, 6) is 0.0553. The van der Waals surface area contributed by atoms with E-state index in [0.717, 1.165) is 35.0 Å². The summed E-state index contributed by atoms with van der Waals surface area (Å²) in [6, 6.07) is 18.6. The van der Waals surface area contributed by atoms with Crippen LogP contribution in [0.15, 0.2) is 54.6 Å². The average molecular weight is 333 g/mol. The number of rotatable bonds is 4. The minimum atomic E-state index is 0.0553. The molecule has 128 valence electrons. The molecule has 0 radical (unpaired) electrons. The summed E-state index contributed by atoms with van der Waals surface area (Å²) in [6.45, 7) is 0.268.